The number of anilines is 1. The topological polar surface area (TPSA) is 112 Å². The highest BCUT2D eigenvalue weighted by atomic mass is 32.1. The highest BCUT2D eigenvalue weighted by molar-refractivity contribution is 7.15. The van der Waals surface area contributed by atoms with Crippen molar-refractivity contribution in [2.24, 2.45) is 0 Å². The maximum atomic E-state index is 12.7. The van der Waals surface area contributed by atoms with Gasteiger partial charge in [0, 0.05) is 11.6 Å². The molecular weight excluding hydrogens is 384 g/mol. The Morgan fingerprint density at radius 3 is 2.75 bits per heavy atom. The predicted octanol–water partition coefficient (Wildman–Crippen LogP) is 1.74. The van der Waals surface area contributed by atoms with Crippen molar-refractivity contribution in [1.82, 2.24) is 14.8 Å². The Labute approximate surface area is 163 Å². The predicted molar refractivity (Wildman–Crippen MR) is 104 cm³/mol. The fourth-order valence-corrected chi connectivity index (χ4v) is 3.15. The second-order valence-electron chi connectivity index (χ2n) is 5.73. The molecule has 0 spiro atoms. The number of hydrogen-bond acceptors (Lipinski definition) is 8. The van der Waals surface area contributed by atoms with Crippen LogP contribution in [0.1, 0.15) is 11.9 Å². The first kappa shape index (κ1) is 19.5. The van der Waals surface area contributed by atoms with E-state index in [2.05, 4.69) is 15.5 Å². The number of ether oxygens (including phenoxy) is 2. The lowest BCUT2D eigenvalue weighted by Gasteiger charge is -2.11. The fourth-order valence-electron chi connectivity index (χ4n) is 2.54. The summed E-state index contributed by atoms with van der Waals surface area (Å²) < 4.78 is 11.6. The molecule has 0 aliphatic carbocycles. The summed E-state index contributed by atoms with van der Waals surface area (Å²) in [7, 11) is 0. The number of benzene rings is 1. The van der Waals surface area contributed by atoms with Crippen molar-refractivity contribution < 1.29 is 19.1 Å². The number of pyridine rings is 1. The van der Waals surface area contributed by atoms with Crippen molar-refractivity contribution >= 4 is 39.1 Å². The molecule has 0 radical (unpaired) electrons. The third-order valence-electron chi connectivity index (χ3n) is 3.72. The molecule has 2 heterocycles. The summed E-state index contributed by atoms with van der Waals surface area (Å²) in [5, 5.41) is 12.3. The maximum absolute atomic E-state index is 12.7. The molecule has 0 fully saturated rings. The van der Waals surface area contributed by atoms with Gasteiger partial charge < -0.3 is 14.0 Å². The molecule has 28 heavy (non-hydrogen) atoms. The fraction of sp³-hybridized carbons (Fsp3) is 0.278. The monoisotopic (exact) mass is 402 g/mol. The molecule has 0 saturated carbocycles. The standard InChI is InChI=1S/C18H18N4O5S/c1-3-26-16(24)10-27-14-6-4-5-13-12(14)7-8-22(17(13)25)9-15(23)19-18-21-20-11(2)28-18/h4-8H,3,9-10H2,1-2H3,(H,19,21,23). The van der Waals surface area contributed by atoms with Crippen LogP contribution in [0.4, 0.5) is 5.13 Å². The van der Waals surface area contributed by atoms with Crippen molar-refractivity contribution in [1.29, 1.82) is 0 Å². The number of carbonyl (C=O) groups is 2. The summed E-state index contributed by atoms with van der Waals surface area (Å²) in [5.41, 5.74) is -0.345. The minimum Gasteiger partial charge on any atom is -0.481 e. The van der Waals surface area contributed by atoms with Crippen LogP contribution in [0, 0.1) is 6.92 Å². The van der Waals surface area contributed by atoms with Gasteiger partial charge in [-0.05, 0) is 32.0 Å². The second kappa shape index (κ2) is 8.61. The highest BCUT2D eigenvalue weighted by Gasteiger charge is 2.12. The molecule has 10 heteroatoms. The lowest BCUT2D eigenvalue weighted by atomic mass is 10.1. The number of carbonyl (C=O) groups excluding carboxylic acids is 2. The van der Waals surface area contributed by atoms with Gasteiger partial charge in [-0.1, -0.05) is 17.4 Å². The van der Waals surface area contributed by atoms with E-state index >= 15 is 0 Å². The van der Waals surface area contributed by atoms with Gasteiger partial charge in [0.1, 0.15) is 17.3 Å². The molecule has 0 bridgehead atoms. The third kappa shape index (κ3) is 4.52. The van der Waals surface area contributed by atoms with Crippen molar-refractivity contribution in [3.8, 4) is 5.75 Å². The molecule has 9 nitrogen and oxygen atoms in total. The Balaban J connectivity index is 1.78. The number of rotatable bonds is 7. The van der Waals surface area contributed by atoms with Crippen LogP contribution in [0.25, 0.3) is 10.8 Å². The third-order valence-corrected chi connectivity index (χ3v) is 4.47. The molecule has 0 atom stereocenters. The molecule has 0 unspecified atom stereocenters. The molecule has 0 saturated heterocycles. The van der Waals surface area contributed by atoms with Crippen LogP contribution in [0.15, 0.2) is 35.3 Å². The van der Waals surface area contributed by atoms with Gasteiger partial charge in [-0.25, -0.2) is 4.79 Å². The molecular formula is C18H18N4O5S. The molecule has 3 aromatic rings. The van der Waals surface area contributed by atoms with E-state index in [0.717, 1.165) is 5.01 Å². The highest BCUT2D eigenvalue weighted by Crippen LogP contribution is 2.23. The van der Waals surface area contributed by atoms with Crippen molar-refractivity contribution in [2.45, 2.75) is 20.4 Å². The van der Waals surface area contributed by atoms with Crippen LogP contribution >= 0.6 is 11.3 Å². The van der Waals surface area contributed by atoms with E-state index in [9.17, 15) is 14.4 Å². The largest absolute Gasteiger partial charge is 0.481 e. The van der Waals surface area contributed by atoms with Crippen molar-refractivity contribution in [3.05, 3.63) is 45.8 Å². The Bertz CT molecular complexity index is 1080. The number of amides is 1. The zero-order valence-electron chi connectivity index (χ0n) is 15.3. The number of aromatic nitrogens is 3. The van der Waals surface area contributed by atoms with Crippen LogP contribution in [-0.4, -0.2) is 39.9 Å². The number of aryl methyl sites for hydroxylation is 1. The SMILES string of the molecule is CCOC(=O)COc1cccc2c(=O)n(CC(=O)Nc3nnc(C)s3)ccc12. The molecule has 3 rings (SSSR count). The average molecular weight is 402 g/mol. The van der Waals surface area contributed by atoms with Crippen molar-refractivity contribution in [2.75, 3.05) is 18.5 Å². The van der Waals surface area contributed by atoms with Gasteiger partial charge in [0.05, 0.1) is 12.0 Å². The van der Waals surface area contributed by atoms with E-state index in [1.165, 1.54) is 22.1 Å². The Morgan fingerprint density at radius 1 is 1.21 bits per heavy atom. The number of nitrogens with one attached hydrogen (secondary N) is 1. The Morgan fingerprint density at radius 2 is 2.04 bits per heavy atom. The van der Waals surface area contributed by atoms with E-state index in [-0.39, 0.29) is 31.2 Å². The van der Waals surface area contributed by atoms with E-state index in [0.29, 0.717) is 21.7 Å². The van der Waals surface area contributed by atoms with E-state index in [1.54, 1.807) is 38.1 Å². The molecule has 1 N–H and O–H groups in total. The summed E-state index contributed by atoms with van der Waals surface area (Å²) in [6.07, 6.45) is 1.51. The molecule has 0 aliphatic rings. The summed E-state index contributed by atoms with van der Waals surface area (Å²) in [6.45, 7) is 3.34. The molecule has 1 amide bonds. The van der Waals surface area contributed by atoms with Gasteiger partial charge in [0.15, 0.2) is 6.61 Å². The van der Waals surface area contributed by atoms with Gasteiger partial charge >= 0.3 is 5.97 Å². The first-order chi connectivity index (χ1) is 13.5. The van der Waals surface area contributed by atoms with E-state index in [4.69, 9.17) is 9.47 Å². The Hall–Kier alpha value is -3.27. The van der Waals surface area contributed by atoms with Gasteiger partial charge in [0.25, 0.3) is 5.56 Å². The normalized spacial score (nSPS) is 10.6. The van der Waals surface area contributed by atoms with E-state index < -0.39 is 5.97 Å². The smallest absolute Gasteiger partial charge is 0.344 e. The minimum absolute atomic E-state index is 0.165. The van der Waals surface area contributed by atoms with Crippen LogP contribution in [0.3, 0.4) is 0 Å². The first-order valence-electron chi connectivity index (χ1n) is 8.48. The van der Waals surface area contributed by atoms with Crippen LogP contribution in [-0.2, 0) is 20.9 Å². The van der Waals surface area contributed by atoms with Crippen LogP contribution in [0.5, 0.6) is 5.75 Å². The summed E-state index contributed by atoms with van der Waals surface area (Å²) in [6, 6.07) is 6.62. The number of fused-ring (bicyclic) bond motifs is 1. The lowest BCUT2D eigenvalue weighted by Crippen LogP contribution is -2.27. The van der Waals surface area contributed by atoms with Crippen LogP contribution < -0.4 is 15.6 Å². The molecule has 0 aliphatic heterocycles. The van der Waals surface area contributed by atoms with Crippen molar-refractivity contribution in [3.63, 3.8) is 0 Å². The summed E-state index contributed by atoms with van der Waals surface area (Å²) >= 11 is 1.25. The lowest BCUT2D eigenvalue weighted by molar-refractivity contribution is -0.145. The first-order valence-corrected chi connectivity index (χ1v) is 9.30. The molecule has 2 aromatic heterocycles. The number of nitrogens with zero attached hydrogens (tertiary/aromatic N) is 3. The quantitative estimate of drug-likeness (QED) is 0.599. The summed E-state index contributed by atoms with van der Waals surface area (Å²) in [4.78, 5) is 36.4. The van der Waals surface area contributed by atoms with E-state index in [1.807, 2.05) is 0 Å². The van der Waals surface area contributed by atoms with Gasteiger partial charge in [-0.2, -0.15) is 0 Å². The average Bonchev–Trinajstić information content (AvgIpc) is 3.07. The van der Waals surface area contributed by atoms with Gasteiger partial charge in [-0.15, -0.1) is 10.2 Å². The number of hydrogen-bond donors (Lipinski definition) is 1. The summed E-state index contributed by atoms with van der Waals surface area (Å²) in [5.74, 6) is -0.479. The molecule has 1 aromatic carbocycles. The Kier molecular flexibility index (Phi) is 5.99. The minimum atomic E-state index is -0.489. The zero-order valence-corrected chi connectivity index (χ0v) is 16.1. The van der Waals surface area contributed by atoms with Gasteiger partial charge in [0.2, 0.25) is 11.0 Å². The number of esters is 1. The maximum Gasteiger partial charge on any atom is 0.344 e. The zero-order chi connectivity index (χ0) is 20.1. The second-order valence-corrected chi connectivity index (χ2v) is 6.92. The van der Waals surface area contributed by atoms with Gasteiger partial charge in [-0.3, -0.25) is 14.9 Å². The van der Waals surface area contributed by atoms with Crippen LogP contribution in [0.2, 0.25) is 0 Å². The molecule has 146 valence electrons.